The fraction of sp³-hybridized carbons (Fsp3) is 0.360. The lowest BCUT2D eigenvalue weighted by atomic mass is 9.91. The molecule has 6 heteroatoms. The predicted octanol–water partition coefficient (Wildman–Crippen LogP) is 4.67. The number of aryl methyl sites for hydroxylation is 1. The van der Waals surface area contributed by atoms with Crippen LogP contribution in [0.1, 0.15) is 44.9 Å². The van der Waals surface area contributed by atoms with Crippen LogP contribution in [-0.2, 0) is 9.59 Å². The van der Waals surface area contributed by atoms with Crippen molar-refractivity contribution in [3.63, 3.8) is 0 Å². The first kappa shape index (κ1) is 22.4. The molecule has 0 bridgehead atoms. The summed E-state index contributed by atoms with van der Waals surface area (Å²) in [4.78, 5) is 29.6. The van der Waals surface area contributed by atoms with E-state index in [0.717, 1.165) is 24.3 Å². The van der Waals surface area contributed by atoms with Gasteiger partial charge in [-0.1, -0.05) is 32.0 Å². The molecule has 164 valence electrons. The highest BCUT2D eigenvalue weighted by atomic mass is 16.3. The van der Waals surface area contributed by atoms with E-state index in [2.05, 4.69) is 18.7 Å². The molecular formula is C25H30N2O4. The molecular weight excluding hydrogens is 392 g/mol. The number of carbonyl (C=O) groups excluding carboxylic acids is 2. The largest absolute Gasteiger partial charge is 0.506 e. The van der Waals surface area contributed by atoms with Crippen LogP contribution in [0.2, 0.25) is 0 Å². The Balaban J connectivity index is 2.17. The Kier molecular flexibility index (Phi) is 6.39. The Morgan fingerprint density at radius 2 is 1.68 bits per heavy atom. The maximum absolute atomic E-state index is 13.1. The normalized spacial score (nSPS) is 16.4. The Morgan fingerprint density at radius 3 is 2.23 bits per heavy atom. The number of phenolic OH excluding ortho intramolecular Hbond substituents is 1. The standard InChI is InChI=1S/C25H30N2O4/c1-6-26(7-2)18-11-9-17(10-12-18)22-21(23(29)15(3)4)24(30)25(31)27(22)19-14-16(5)8-13-20(19)28/h8-15,22,28,30H,6-7H2,1-5H3. The van der Waals surface area contributed by atoms with Crippen molar-refractivity contribution in [3.05, 3.63) is 64.9 Å². The van der Waals surface area contributed by atoms with Crippen LogP contribution in [0.25, 0.3) is 0 Å². The molecule has 0 aromatic heterocycles. The minimum atomic E-state index is -0.819. The summed E-state index contributed by atoms with van der Waals surface area (Å²) in [7, 11) is 0. The van der Waals surface area contributed by atoms with Crippen LogP contribution in [0, 0.1) is 12.8 Å². The van der Waals surface area contributed by atoms with E-state index in [1.807, 2.05) is 31.2 Å². The van der Waals surface area contributed by atoms with E-state index in [0.29, 0.717) is 5.56 Å². The number of phenols is 1. The van der Waals surface area contributed by atoms with Gasteiger partial charge in [0.15, 0.2) is 11.5 Å². The van der Waals surface area contributed by atoms with Gasteiger partial charge < -0.3 is 15.1 Å². The summed E-state index contributed by atoms with van der Waals surface area (Å²) in [6, 6.07) is 11.8. The van der Waals surface area contributed by atoms with Gasteiger partial charge in [-0.05, 0) is 56.2 Å². The first-order valence-corrected chi connectivity index (χ1v) is 10.7. The molecule has 1 atom stereocenters. The number of anilines is 2. The molecule has 0 radical (unpaired) electrons. The number of aromatic hydroxyl groups is 1. The van der Waals surface area contributed by atoms with Crippen molar-refractivity contribution in [2.75, 3.05) is 22.9 Å². The van der Waals surface area contributed by atoms with E-state index < -0.39 is 23.6 Å². The number of hydrogen-bond donors (Lipinski definition) is 2. The van der Waals surface area contributed by atoms with Gasteiger partial charge in [0, 0.05) is 24.7 Å². The average molecular weight is 423 g/mol. The quantitative estimate of drug-likeness (QED) is 0.678. The number of ketones is 1. The summed E-state index contributed by atoms with van der Waals surface area (Å²) >= 11 is 0. The van der Waals surface area contributed by atoms with Crippen molar-refractivity contribution >= 4 is 23.1 Å². The molecule has 0 spiro atoms. The van der Waals surface area contributed by atoms with E-state index in [1.54, 1.807) is 26.0 Å². The molecule has 0 saturated heterocycles. The van der Waals surface area contributed by atoms with Gasteiger partial charge >= 0.3 is 0 Å². The molecule has 2 aromatic carbocycles. The number of carbonyl (C=O) groups is 2. The Morgan fingerprint density at radius 1 is 1.06 bits per heavy atom. The number of benzene rings is 2. The van der Waals surface area contributed by atoms with Gasteiger partial charge in [-0.2, -0.15) is 0 Å². The zero-order valence-corrected chi connectivity index (χ0v) is 18.7. The van der Waals surface area contributed by atoms with Crippen molar-refractivity contribution in [1.29, 1.82) is 0 Å². The van der Waals surface area contributed by atoms with Crippen LogP contribution in [0.4, 0.5) is 11.4 Å². The number of nitrogens with zero attached hydrogens (tertiary/aromatic N) is 2. The summed E-state index contributed by atoms with van der Waals surface area (Å²) in [5.74, 6) is -2.03. The topological polar surface area (TPSA) is 81.1 Å². The van der Waals surface area contributed by atoms with Gasteiger partial charge in [0.05, 0.1) is 17.3 Å². The molecule has 1 aliphatic rings. The molecule has 1 unspecified atom stereocenters. The number of aliphatic hydroxyl groups is 1. The summed E-state index contributed by atoms with van der Waals surface area (Å²) in [5, 5.41) is 21.2. The molecule has 0 fully saturated rings. The van der Waals surface area contributed by atoms with Gasteiger partial charge in [0.25, 0.3) is 5.91 Å². The molecule has 1 amide bonds. The zero-order valence-electron chi connectivity index (χ0n) is 18.7. The molecule has 6 nitrogen and oxygen atoms in total. The number of rotatable bonds is 7. The lowest BCUT2D eigenvalue weighted by Crippen LogP contribution is -2.31. The lowest BCUT2D eigenvalue weighted by Gasteiger charge is -2.29. The lowest BCUT2D eigenvalue weighted by molar-refractivity contribution is -0.119. The first-order chi connectivity index (χ1) is 14.7. The molecule has 3 rings (SSSR count). The molecule has 2 aromatic rings. The Labute approximate surface area is 183 Å². The smallest absolute Gasteiger partial charge is 0.294 e. The van der Waals surface area contributed by atoms with E-state index in [9.17, 15) is 19.8 Å². The van der Waals surface area contributed by atoms with Gasteiger partial charge in [-0.15, -0.1) is 0 Å². The van der Waals surface area contributed by atoms with Crippen molar-refractivity contribution in [1.82, 2.24) is 0 Å². The van der Waals surface area contributed by atoms with Crippen LogP contribution in [0.3, 0.4) is 0 Å². The molecule has 2 N–H and O–H groups in total. The van der Waals surface area contributed by atoms with Crippen LogP contribution in [0.5, 0.6) is 5.75 Å². The van der Waals surface area contributed by atoms with Crippen molar-refractivity contribution in [3.8, 4) is 5.75 Å². The van der Waals surface area contributed by atoms with Gasteiger partial charge in [0.2, 0.25) is 0 Å². The summed E-state index contributed by atoms with van der Waals surface area (Å²) < 4.78 is 0. The summed E-state index contributed by atoms with van der Waals surface area (Å²) in [6.45, 7) is 11.2. The highest BCUT2D eigenvalue weighted by Crippen LogP contribution is 2.45. The summed E-state index contributed by atoms with van der Waals surface area (Å²) in [5.41, 5.74) is 2.91. The number of hydrogen-bond acceptors (Lipinski definition) is 5. The second-order valence-electron chi connectivity index (χ2n) is 8.11. The van der Waals surface area contributed by atoms with E-state index in [-0.39, 0.29) is 22.8 Å². The van der Waals surface area contributed by atoms with Crippen LogP contribution in [-0.4, -0.2) is 35.0 Å². The zero-order chi connectivity index (χ0) is 22.9. The minimum absolute atomic E-state index is 0.0662. The fourth-order valence-corrected chi connectivity index (χ4v) is 4.01. The second-order valence-corrected chi connectivity index (χ2v) is 8.11. The second kappa shape index (κ2) is 8.84. The molecule has 31 heavy (non-hydrogen) atoms. The van der Waals surface area contributed by atoms with E-state index >= 15 is 0 Å². The van der Waals surface area contributed by atoms with Crippen molar-refractivity contribution in [2.24, 2.45) is 5.92 Å². The molecule has 0 saturated carbocycles. The summed E-state index contributed by atoms with van der Waals surface area (Å²) in [6.07, 6.45) is 0. The van der Waals surface area contributed by atoms with Gasteiger partial charge in [0.1, 0.15) is 5.75 Å². The fourth-order valence-electron chi connectivity index (χ4n) is 4.01. The third-order valence-corrected chi connectivity index (χ3v) is 5.73. The van der Waals surface area contributed by atoms with Gasteiger partial charge in [-0.3, -0.25) is 14.5 Å². The number of amides is 1. The molecule has 0 aliphatic carbocycles. The highest BCUT2D eigenvalue weighted by Gasteiger charge is 2.45. The van der Waals surface area contributed by atoms with Crippen LogP contribution >= 0.6 is 0 Å². The monoisotopic (exact) mass is 422 g/mol. The number of Topliss-reactive ketones (excluding diaryl/α,β-unsaturated/α-hetero) is 1. The highest BCUT2D eigenvalue weighted by molar-refractivity contribution is 6.17. The van der Waals surface area contributed by atoms with Gasteiger partial charge in [-0.25, -0.2) is 0 Å². The number of aliphatic hydroxyl groups excluding tert-OH is 1. The van der Waals surface area contributed by atoms with E-state index in [4.69, 9.17) is 0 Å². The maximum atomic E-state index is 13.1. The van der Waals surface area contributed by atoms with Crippen LogP contribution in [0.15, 0.2) is 53.8 Å². The third-order valence-electron chi connectivity index (χ3n) is 5.73. The SMILES string of the molecule is CCN(CC)c1ccc(C2C(C(=O)C(C)C)=C(O)C(=O)N2c2cc(C)ccc2O)cc1. The Hall–Kier alpha value is -3.28. The van der Waals surface area contributed by atoms with E-state index in [1.165, 1.54) is 11.0 Å². The maximum Gasteiger partial charge on any atom is 0.294 e. The van der Waals surface area contributed by atoms with Crippen molar-refractivity contribution in [2.45, 2.75) is 40.7 Å². The first-order valence-electron chi connectivity index (χ1n) is 10.7. The minimum Gasteiger partial charge on any atom is -0.506 e. The van der Waals surface area contributed by atoms with Crippen molar-refractivity contribution < 1.29 is 19.8 Å². The molecule has 1 heterocycles. The third kappa shape index (κ3) is 4.02. The Bertz CT molecular complexity index is 1020. The van der Waals surface area contributed by atoms with Crippen LogP contribution < -0.4 is 9.80 Å². The molecule has 1 aliphatic heterocycles. The predicted molar refractivity (Wildman–Crippen MR) is 123 cm³/mol. The average Bonchev–Trinajstić information content (AvgIpc) is 3.01.